The first kappa shape index (κ1) is 11.0. The minimum atomic E-state index is 0.289. The van der Waals surface area contributed by atoms with E-state index in [-0.39, 0.29) is 5.54 Å². The van der Waals surface area contributed by atoms with Gasteiger partial charge in [0.15, 0.2) is 0 Å². The smallest absolute Gasteiger partial charge is 0.00966 e. The summed E-state index contributed by atoms with van der Waals surface area (Å²) < 4.78 is 0. The Hall–Kier alpha value is -0.0400. The van der Waals surface area contributed by atoms with Gasteiger partial charge in [-0.3, -0.25) is 0 Å². The van der Waals surface area contributed by atoms with Crippen LogP contribution in [-0.2, 0) is 0 Å². The normalized spacial score (nSPS) is 21.2. The highest BCUT2D eigenvalue weighted by Gasteiger charge is 2.26. The van der Waals surface area contributed by atoms with Crippen molar-refractivity contribution in [3.63, 3.8) is 0 Å². The molecule has 0 radical (unpaired) electrons. The van der Waals surface area contributed by atoms with Crippen LogP contribution in [0, 0.1) is 11.8 Å². The van der Waals surface area contributed by atoms with Crippen molar-refractivity contribution in [3.8, 4) is 0 Å². The first-order valence-electron chi connectivity index (χ1n) is 5.78. The molecule has 1 aliphatic carbocycles. The molecule has 0 bridgehead atoms. The summed E-state index contributed by atoms with van der Waals surface area (Å²) >= 11 is 0. The lowest BCUT2D eigenvalue weighted by molar-refractivity contribution is 0.185. The molecule has 1 rings (SSSR count). The van der Waals surface area contributed by atoms with E-state index < -0.39 is 0 Å². The molecule has 0 heterocycles. The minimum absolute atomic E-state index is 0.289. The first-order valence-corrected chi connectivity index (χ1v) is 5.78. The van der Waals surface area contributed by atoms with Crippen molar-refractivity contribution in [2.45, 2.75) is 58.9 Å². The predicted octanol–water partition coefficient (Wildman–Crippen LogP) is 3.20. The van der Waals surface area contributed by atoms with Crippen LogP contribution in [0.3, 0.4) is 0 Å². The summed E-state index contributed by atoms with van der Waals surface area (Å²) in [4.78, 5) is 0. The molecule has 1 atom stereocenters. The third-order valence-electron chi connectivity index (χ3n) is 3.24. The molecule has 0 saturated heterocycles. The second-order valence-corrected chi connectivity index (χ2v) is 5.49. The van der Waals surface area contributed by atoms with Crippen molar-refractivity contribution in [1.29, 1.82) is 0 Å². The van der Waals surface area contributed by atoms with Gasteiger partial charge in [0.1, 0.15) is 0 Å². The highest BCUT2D eigenvalue weighted by molar-refractivity contribution is 4.81. The fraction of sp³-hybridized carbons (Fsp3) is 1.00. The van der Waals surface area contributed by atoms with Gasteiger partial charge >= 0.3 is 0 Å². The summed E-state index contributed by atoms with van der Waals surface area (Å²) in [7, 11) is 0. The standard InChI is InChI=1S/C12H25N/c1-5-10(11-7-6-8-11)9-13-12(2,3)4/h10-11,13H,5-9H2,1-4H3. The van der Waals surface area contributed by atoms with Crippen LogP contribution in [0.15, 0.2) is 0 Å². The Bertz CT molecular complexity index is 142. The summed E-state index contributed by atoms with van der Waals surface area (Å²) in [5, 5.41) is 3.62. The van der Waals surface area contributed by atoms with Crippen molar-refractivity contribution in [2.24, 2.45) is 11.8 Å². The van der Waals surface area contributed by atoms with E-state index in [1.54, 1.807) is 0 Å². The Balaban J connectivity index is 2.23. The zero-order valence-corrected chi connectivity index (χ0v) is 9.69. The third kappa shape index (κ3) is 3.68. The lowest BCUT2D eigenvalue weighted by Gasteiger charge is -2.35. The highest BCUT2D eigenvalue weighted by atomic mass is 14.9. The lowest BCUT2D eigenvalue weighted by atomic mass is 9.74. The largest absolute Gasteiger partial charge is 0.312 e. The van der Waals surface area contributed by atoms with Crippen molar-refractivity contribution in [1.82, 2.24) is 5.32 Å². The van der Waals surface area contributed by atoms with E-state index in [9.17, 15) is 0 Å². The number of nitrogens with one attached hydrogen (secondary N) is 1. The van der Waals surface area contributed by atoms with E-state index in [2.05, 4.69) is 33.0 Å². The maximum atomic E-state index is 3.62. The molecule has 1 heteroatoms. The Kier molecular flexibility index (Phi) is 3.78. The summed E-state index contributed by atoms with van der Waals surface area (Å²) in [5.74, 6) is 1.95. The van der Waals surface area contributed by atoms with Gasteiger partial charge in [-0.25, -0.2) is 0 Å². The average Bonchev–Trinajstić information content (AvgIpc) is 1.91. The Morgan fingerprint density at radius 2 is 1.92 bits per heavy atom. The molecular weight excluding hydrogens is 158 g/mol. The second-order valence-electron chi connectivity index (χ2n) is 5.49. The molecule has 0 aliphatic heterocycles. The van der Waals surface area contributed by atoms with E-state index in [4.69, 9.17) is 0 Å². The molecule has 1 nitrogen and oxygen atoms in total. The van der Waals surface area contributed by atoms with Crippen LogP contribution in [0.5, 0.6) is 0 Å². The van der Waals surface area contributed by atoms with E-state index in [0.29, 0.717) is 0 Å². The van der Waals surface area contributed by atoms with Crippen molar-refractivity contribution in [3.05, 3.63) is 0 Å². The van der Waals surface area contributed by atoms with Gasteiger partial charge in [0.2, 0.25) is 0 Å². The maximum absolute atomic E-state index is 3.62. The van der Waals surface area contributed by atoms with Crippen LogP contribution >= 0.6 is 0 Å². The molecule has 0 spiro atoms. The summed E-state index contributed by atoms with van der Waals surface area (Å²) in [5.41, 5.74) is 0.289. The van der Waals surface area contributed by atoms with Gasteiger partial charge < -0.3 is 5.32 Å². The fourth-order valence-electron chi connectivity index (χ4n) is 1.99. The molecular formula is C12H25N. The Morgan fingerprint density at radius 1 is 1.31 bits per heavy atom. The molecule has 0 aromatic heterocycles. The van der Waals surface area contributed by atoms with Crippen molar-refractivity contribution >= 4 is 0 Å². The van der Waals surface area contributed by atoms with Crippen LogP contribution < -0.4 is 5.32 Å². The highest BCUT2D eigenvalue weighted by Crippen LogP contribution is 2.34. The molecule has 1 fully saturated rings. The van der Waals surface area contributed by atoms with Gasteiger partial charge in [-0.1, -0.05) is 32.6 Å². The predicted molar refractivity (Wildman–Crippen MR) is 58.9 cm³/mol. The van der Waals surface area contributed by atoms with Crippen LogP contribution in [0.25, 0.3) is 0 Å². The quantitative estimate of drug-likeness (QED) is 0.706. The van der Waals surface area contributed by atoms with Gasteiger partial charge in [-0.05, 0) is 39.2 Å². The molecule has 0 aromatic rings. The zero-order chi connectivity index (χ0) is 9.90. The van der Waals surface area contributed by atoms with Gasteiger partial charge in [-0.2, -0.15) is 0 Å². The summed E-state index contributed by atoms with van der Waals surface area (Å²) in [6.07, 6.45) is 5.76. The molecule has 1 saturated carbocycles. The molecule has 13 heavy (non-hydrogen) atoms. The molecule has 0 amide bonds. The second kappa shape index (κ2) is 4.45. The number of hydrogen-bond acceptors (Lipinski definition) is 1. The number of rotatable bonds is 4. The molecule has 1 unspecified atom stereocenters. The van der Waals surface area contributed by atoms with Crippen LogP contribution in [-0.4, -0.2) is 12.1 Å². The Morgan fingerprint density at radius 3 is 2.23 bits per heavy atom. The van der Waals surface area contributed by atoms with Crippen LogP contribution in [0.4, 0.5) is 0 Å². The first-order chi connectivity index (χ1) is 6.03. The zero-order valence-electron chi connectivity index (χ0n) is 9.69. The Labute approximate surface area is 83.3 Å². The van der Waals surface area contributed by atoms with E-state index in [1.807, 2.05) is 0 Å². The van der Waals surface area contributed by atoms with Crippen LogP contribution in [0.1, 0.15) is 53.4 Å². The minimum Gasteiger partial charge on any atom is -0.312 e. The number of hydrogen-bond donors (Lipinski definition) is 1. The third-order valence-corrected chi connectivity index (χ3v) is 3.24. The van der Waals surface area contributed by atoms with E-state index in [1.165, 1.54) is 32.2 Å². The average molecular weight is 183 g/mol. The molecule has 0 aromatic carbocycles. The topological polar surface area (TPSA) is 12.0 Å². The summed E-state index contributed by atoms with van der Waals surface area (Å²) in [6, 6.07) is 0. The molecule has 78 valence electrons. The maximum Gasteiger partial charge on any atom is 0.00966 e. The van der Waals surface area contributed by atoms with Gasteiger partial charge in [0.05, 0.1) is 0 Å². The van der Waals surface area contributed by atoms with E-state index in [0.717, 1.165) is 11.8 Å². The SMILES string of the molecule is CCC(CNC(C)(C)C)C1CCC1. The molecule has 1 N–H and O–H groups in total. The molecule has 1 aliphatic rings. The van der Waals surface area contributed by atoms with Gasteiger partial charge in [-0.15, -0.1) is 0 Å². The monoisotopic (exact) mass is 183 g/mol. The van der Waals surface area contributed by atoms with Crippen molar-refractivity contribution < 1.29 is 0 Å². The summed E-state index contributed by atoms with van der Waals surface area (Å²) in [6.45, 7) is 10.3. The van der Waals surface area contributed by atoms with Gasteiger partial charge in [0.25, 0.3) is 0 Å². The fourth-order valence-corrected chi connectivity index (χ4v) is 1.99. The lowest BCUT2D eigenvalue weighted by Crippen LogP contribution is -2.41. The van der Waals surface area contributed by atoms with Crippen LogP contribution in [0.2, 0.25) is 0 Å². The van der Waals surface area contributed by atoms with Crippen molar-refractivity contribution in [2.75, 3.05) is 6.54 Å². The van der Waals surface area contributed by atoms with E-state index >= 15 is 0 Å². The van der Waals surface area contributed by atoms with Gasteiger partial charge in [0, 0.05) is 5.54 Å².